The maximum atomic E-state index is 10.6. The largest absolute Gasteiger partial charge is 0.456 e. The normalized spacial score (nSPS) is 9.14. The number of benzene rings is 1. The van der Waals surface area contributed by atoms with E-state index < -0.39 is 5.97 Å². The van der Waals surface area contributed by atoms with Gasteiger partial charge in [-0.1, -0.05) is 28.1 Å². The Balaban J connectivity index is 2.36. The molecule has 72 valence electrons. The number of ether oxygens (including phenoxy) is 1. The van der Waals surface area contributed by atoms with E-state index >= 15 is 0 Å². The predicted octanol–water partition coefficient (Wildman–Crippen LogP) is 2.17. The highest BCUT2D eigenvalue weighted by molar-refractivity contribution is 9.10. The van der Waals surface area contributed by atoms with Crippen LogP contribution >= 0.6 is 15.9 Å². The average molecular weight is 253 g/mol. The molecule has 0 aliphatic heterocycles. The number of carbonyl (C=O) groups is 1. The van der Waals surface area contributed by atoms with Crippen LogP contribution in [0.25, 0.3) is 0 Å². The maximum Gasteiger partial charge on any atom is 0.384 e. The highest BCUT2D eigenvalue weighted by atomic mass is 79.9. The highest BCUT2D eigenvalue weighted by Crippen LogP contribution is 2.10. The molecule has 1 aromatic rings. The summed E-state index contributed by atoms with van der Waals surface area (Å²) in [4.78, 5) is 10.6. The van der Waals surface area contributed by atoms with Gasteiger partial charge in [-0.25, -0.2) is 4.79 Å². The van der Waals surface area contributed by atoms with Crippen molar-refractivity contribution in [1.29, 1.82) is 0 Å². The van der Waals surface area contributed by atoms with Crippen molar-refractivity contribution in [3.63, 3.8) is 0 Å². The summed E-state index contributed by atoms with van der Waals surface area (Å²) < 4.78 is 5.77. The van der Waals surface area contributed by atoms with Gasteiger partial charge in [0.05, 0.1) is 6.61 Å². The van der Waals surface area contributed by atoms with Crippen molar-refractivity contribution < 1.29 is 9.53 Å². The monoisotopic (exact) mass is 252 g/mol. The van der Waals surface area contributed by atoms with Gasteiger partial charge in [0, 0.05) is 16.8 Å². The molecule has 1 rings (SSSR count). The molecule has 0 spiro atoms. The Morgan fingerprint density at radius 1 is 1.43 bits per heavy atom. The molecule has 0 N–H and O–H groups in total. The number of terminal acetylenes is 1. The molecule has 0 fully saturated rings. The first-order valence-corrected chi connectivity index (χ1v) is 4.89. The Morgan fingerprint density at radius 2 is 2.07 bits per heavy atom. The SMILES string of the molecule is C#CC(=O)OCCc1ccc(Br)cc1. The summed E-state index contributed by atoms with van der Waals surface area (Å²) in [5.41, 5.74) is 1.11. The number of hydrogen-bond acceptors (Lipinski definition) is 2. The third-order valence-corrected chi connectivity index (χ3v) is 2.18. The Hall–Kier alpha value is -1.27. The van der Waals surface area contributed by atoms with Crippen molar-refractivity contribution in [1.82, 2.24) is 0 Å². The van der Waals surface area contributed by atoms with Crippen molar-refractivity contribution in [2.45, 2.75) is 6.42 Å². The zero-order valence-corrected chi connectivity index (χ0v) is 9.08. The molecule has 0 bridgehead atoms. The fourth-order valence-electron chi connectivity index (χ4n) is 0.954. The van der Waals surface area contributed by atoms with Crippen LogP contribution < -0.4 is 0 Å². The van der Waals surface area contributed by atoms with Gasteiger partial charge < -0.3 is 4.74 Å². The van der Waals surface area contributed by atoms with Crippen LogP contribution in [0.5, 0.6) is 0 Å². The number of esters is 1. The summed E-state index contributed by atoms with van der Waals surface area (Å²) in [7, 11) is 0. The molecule has 0 saturated heterocycles. The number of rotatable bonds is 3. The second kappa shape index (κ2) is 5.46. The molecule has 0 saturated carbocycles. The van der Waals surface area contributed by atoms with Crippen LogP contribution in [-0.4, -0.2) is 12.6 Å². The molecule has 0 unspecified atom stereocenters. The zero-order chi connectivity index (χ0) is 10.4. The fraction of sp³-hybridized carbons (Fsp3) is 0.182. The van der Waals surface area contributed by atoms with E-state index in [2.05, 4.69) is 15.9 Å². The van der Waals surface area contributed by atoms with Gasteiger partial charge in [0.15, 0.2) is 0 Å². The molecule has 0 atom stereocenters. The van der Waals surface area contributed by atoms with Crippen LogP contribution in [0.1, 0.15) is 5.56 Å². The number of halogens is 1. The first-order valence-electron chi connectivity index (χ1n) is 4.10. The van der Waals surface area contributed by atoms with E-state index in [1.807, 2.05) is 30.2 Å². The lowest BCUT2D eigenvalue weighted by Gasteiger charge is -2.01. The van der Waals surface area contributed by atoms with Gasteiger partial charge in [-0.15, -0.1) is 6.42 Å². The van der Waals surface area contributed by atoms with Crippen LogP contribution in [0.3, 0.4) is 0 Å². The second-order valence-electron chi connectivity index (χ2n) is 2.66. The van der Waals surface area contributed by atoms with Crippen LogP contribution in [0.15, 0.2) is 28.7 Å². The summed E-state index contributed by atoms with van der Waals surface area (Å²) in [6.07, 6.45) is 5.52. The molecular formula is C11H9BrO2. The Bertz CT molecular complexity index is 349. The molecule has 0 aromatic heterocycles. The molecule has 3 heteroatoms. The van der Waals surface area contributed by atoms with E-state index in [-0.39, 0.29) is 0 Å². The summed E-state index contributed by atoms with van der Waals surface area (Å²) in [5.74, 6) is 1.28. The second-order valence-corrected chi connectivity index (χ2v) is 3.57. The van der Waals surface area contributed by atoms with E-state index in [1.54, 1.807) is 0 Å². The lowest BCUT2D eigenvalue weighted by Crippen LogP contribution is -2.04. The third kappa shape index (κ3) is 3.63. The highest BCUT2D eigenvalue weighted by Gasteiger charge is 1.97. The topological polar surface area (TPSA) is 26.3 Å². The van der Waals surface area contributed by atoms with E-state index in [0.29, 0.717) is 13.0 Å². The molecule has 0 aliphatic carbocycles. The fourth-order valence-corrected chi connectivity index (χ4v) is 1.22. The van der Waals surface area contributed by atoms with Crippen LogP contribution in [0.4, 0.5) is 0 Å². The van der Waals surface area contributed by atoms with Crippen molar-refractivity contribution in [3.8, 4) is 12.3 Å². The molecule has 0 heterocycles. The molecule has 14 heavy (non-hydrogen) atoms. The van der Waals surface area contributed by atoms with Crippen molar-refractivity contribution in [3.05, 3.63) is 34.3 Å². The Morgan fingerprint density at radius 3 is 2.64 bits per heavy atom. The van der Waals surface area contributed by atoms with Gasteiger partial charge in [-0.2, -0.15) is 0 Å². The first-order chi connectivity index (χ1) is 6.72. The van der Waals surface area contributed by atoms with E-state index in [4.69, 9.17) is 11.2 Å². The Kier molecular flexibility index (Phi) is 4.21. The van der Waals surface area contributed by atoms with Gasteiger partial charge >= 0.3 is 5.97 Å². The summed E-state index contributed by atoms with van der Waals surface area (Å²) in [6, 6.07) is 7.82. The summed E-state index contributed by atoms with van der Waals surface area (Å²) >= 11 is 3.34. The smallest absolute Gasteiger partial charge is 0.384 e. The summed E-state index contributed by atoms with van der Waals surface area (Å²) in [6.45, 7) is 0.324. The Labute approximate surface area is 91.4 Å². The van der Waals surface area contributed by atoms with Crippen LogP contribution in [-0.2, 0) is 16.0 Å². The minimum absolute atomic E-state index is 0.324. The standard InChI is InChI=1S/C11H9BrO2/c1-2-11(13)14-8-7-9-3-5-10(12)6-4-9/h1,3-6H,7-8H2. The molecule has 0 aliphatic rings. The quantitative estimate of drug-likeness (QED) is 0.468. The van der Waals surface area contributed by atoms with Gasteiger partial charge in [0.1, 0.15) is 0 Å². The number of carbonyl (C=O) groups excluding carboxylic acids is 1. The molecule has 1 aromatic carbocycles. The maximum absolute atomic E-state index is 10.6. The van der Waals surface area contributed by atoms with Crippen molar-refractivity contribution in [2.75, 3.05) is 6.61 Å². The minimum atomic E-state index is -0.609. The number of hydrogen-bond donors (Lipinski definition) is 0. The van der Waals surface area contributed by atoms with Gasteiger partial charge in [0.2, 0.25) is 0 Å². The molecule has 0 radical (unpaired) electrons. The van der Waals surface area contributed by atoms with E-state index in [1.165, 1.54) is 0 Å². The van der Waals surface area contributed by atoms with Crippen molar-refractivity contribution >= 4 is 21.9 Å². The van der Waals surface area contributed by atoms with Gasteiger partial charge in [0.25, 0.3) is 0 Å². The van der Waals surface area contributed by atoms with Crippen molar-refractivity contribution in [2.24, 2.45) is 0 Å². The van der Waals surface area contributed by atoms with Crippen LogP contribution in [0, 0.1) is 12.3 Å². The van der Waals surface area contributed by atoms with E-state index in [9.17, 15) is 4.79 Å². The first kappa shape index (κ1) is 10.8. The summed E-state index contributed by atoms with van der Waals surface area (Å²) in [5, 5.41) is 0. The van der Waals surface area contributed by atoms with Crippen LogP contribution in [0.2, 0.25) is 0 Å². The predicted molar refractivity (Wildman–Crippen MR) is 57.6 cm³/mol. The molecule has 2 nitrogen and oxygen atoms in total. The molecular weight excluding hydrogens is 244 g/mol. The van der Waals surface area contributed by atoms with E-state index in [0.717, 1.165) is 10.0 Å². The zero-order valence-electron chi connectivity index (χ0n) is 7.50. The average Bonchev–Trinajstić information content (AvgIpc) is 2.21. The lowest BCUT2D eigenvalue weighted by atomic mass is 10.2. The molecule has 0 amide bonds. The van der Waals surface area contributed by atoms with Gasteiger partial charge in [-0.05, 0) is 17.7 Å². The van der Waals surface area contributed by atoms with Gasteiger partial charge in [-0.3, -0.25) is 0 Å². The lowest BCUT2D eigenvalue weighted by molar-refractivity contribution is -0.136. The minimum Gasteiger partial charge on any atom is -0.456 e. The third-order valence-electron chi connectivity index (χ3n) is 1.66.